The summed E-state index contributed by atoms with van der Waals surface area (Å²) in [4.78, 5) is 10.8. The predicted molar refractivity (Wildman–Crippen MR) is 70.6 cm³/mol. The molecule has 0 fully saturated rings. The van der Waals surface area contributed by atoms with E-state index in [1.807, 2.05) is 0 Å². The summed E-state index contributed by atoms with van der Waals surface area (Å²) >= 11 is 3.00. The van der Waals surface area contributed by atoms with Crippen LogP contribution >= 0.6 is 15.9 Å². The first kappa shape index (κ1) is 13.6. The third-order valence-electron chi connectivity index (χ3n) is 2.18. The van der Waals surface area contributed by atoms with Crippen LogP contribution in [0.5, 0.6) is 0 Å². The zero-order valence-electron chi connectivity index (χ0n) is 9.33. The van der Waals surface area contributed by atoms with Gasteiger partial charge in [0.25, 0.3) is 10.0 Å². The number of benzene rings is 1. The average molecular weight is 346 g/mol. The Labute approximate surface area is 117 Å². The summed E-state index contributed by atoms with van der Waals surface area (Å²) in [5, 5.41) is 8.56. The van der Waals surface area contributed by atoms with Gasteiger partial charge in [-0.05, 0) is 46.3 Å². The molecule has 0 atom stereocenters. The highest BCUT2D eigenvalue weighted by Gasteiger charge is 2.19. The molecule has 0 spiro atoms. The van der Waals surface area contributed by atoms with Gasteiger partial charge < -0.3 is 9.52 Å². The molecule has 6 nitrogen and oxygen atoms in total. The maximum Gasteiger partial charge on any atom is 0.335 e. The Hall–Kier alpha value is -1.80. The summed E-state index contributed by atoms with van der Waals surface area (Å²) < 4.78 is 31.3. The maximum absolute atomic E-state index is 11.9. The molecule has 0 bridgehead atoms. The number of hydrogen-bond donors (Lipinski definition) is 2. The minimum absolute atomic E-state index is 0.0131. The Kier molecular flexibility index (Phi) is 3.63. The molecule has 1 heterocycles. The fourth-order valence-corrected chi connectivity index (χ4v) is 2.76. The van der Waals surface area contributed by atoms with Crippen molar-refractivity contribution in [1.82, 2.24) is 0 Å². The summed E-state index contributed by atoms with van der Waals surface area (Å²) in [5.74, 6) is -1.14. The molecule has 0 saturated carbocycles. The number of carbonyl (C=O) groups is 1. The van der Waals surface area contributed by atoms with Crippen molar-refractivity contribution in [3.63, 3.8) is 0 Å². The summed E-state index contributed by atoms with van der Waals surface area (Å²) in [7, 11) is -3.87. The van der Waals surface area contributed by atoms with Gasteiger partial charge in [-0.3, -0.25) is 4.72 Å². The van der Waals surface area contributed by atoms with Crippen LogP contribution in [0.1, 0.15) is 10.4 Å². The molecule has 2 aromatic rings. The molecule has 100 valence electrons. The average Bonchev–Trinajstić information content (AvgIpc) is 2.76. The number of anilines is 1. The highest BCUT2D eigenvalue weighted by Crippen LogP contribution is 2.21. The van der Waals surface area contributed by atoms with Gasteiger partial charge in [0.1, 0.15) is 0 Å². The highest BCUT2D eigenvalue weighted by atomic mass is 79.9. The lowest BCUT2D eigenvalue weighted by molar-refractivity contribution is 0.0697. The van der Waals surface area contributed by atoms with Crippen molar-refractivity contribution in [3.8, 4) is 0 Å². The number of sulfonamides is 1. The molecule has 0 unspecified atom stereocenters. The molecule has 1 aromatic heterocycles. The molecule has 1 aromatic carbocycles. The first-order valence-electron chi connectivity index (χ1n) is 5.00. The molecule has 8 heteroatoms. The number of hydrogen-bond acceptors (Lipinski definition) is 4. The van der Waals surface area contributed by atoms with Gasteiger partial charge in [0.05, 0.1) is 5.56 Å². The minimum Gasteiger partial charge on any atom is -0.478 e. The Bertz CT molecular complexity index is 722. The van der Waals surface area contributed by atoms with Gasteiger partial charge in [0.15, 0.2) is 4.67 Å². The van der Waals surface area contributed by atoms with E-state index in [1.165, 1.54) is 36.4 Å². The fraction of sp³-hybridized carbons (Fsp3) is 0. The van der Waals surface area contributed by atoms with Crippen molar-refractivity contribution in [1.29, 1.82) is 0 Å². The zero-order chi connectivity index (χ0) is 14.0. The van der Waals surface area contributed by atoms with Gasteiger partial charge in [-0.25, -0.2) is 4.79 Å². The molecule has 0 saturated heterocycles. The number of carboxylic acids is 1. The van der Waals surface area contributed by atoms with Crippen LogP contribution in [0.4, 0.5) is 5.69 Å². The molecule has 0 aliphatic rings. The van der Waals surface area contributed by atoms with Crippen LogP contribution in [0.2, 0.25) is 0 Å². The van der Waals surface area contributed by atoms with E-state index in [9.17, 15) is 13.2 Å². The Balaban J connectivity index is 2.30. The second-order valence-electron chi connectivity index (χ2n) is 3.55. The van der Waals surface area contributed by atoms with Crippen molar-refractivity contribution in [2.24, 2.45) is 0 Å². The van der Waals surface area contributed by atoms with Crippen molar-refractivity contribution in [2.75, 3.05) is 4.72 Å². The first-order valence-corrected chi connectivity index (χ1v) is 7.27. The second kappa shape index (κ2) is 5.06. The van der Waals surface area contributed by atoms with Crippen LogP contribution in [0, 0.1) is 0 Å². The number of furan rings is 1. The van der Waals surface area contributed by atoms with E-state index in [0.717, 1.165) is 0 Å². The predicted octanol–water partition coefficient (Wildman–Crippen LogP) is 2.54. The molecule has 19 heavy (non-hydrogen) atoms. The van der Waals surface area contributed by atoms with E-state index in [1.54, 1.807) is 0 Å². The molecule has 0 radical (unpaired) electrons. The molecule has 0 aliphatic heterocycles. The van der Waals surface area contributed by atoms with Crippen molar-refractivity contribution in [3.05, 3.63) is 46.6 Å². The van der Waals surface area contributed by atoms with E-state index in [-0.39, 0.29) is 21.0 Å². The SMILES string of the molecule is O=C(O)c1cccc(NS(=O)(=O)c2ccc(Br)o2)c1. The van der Waals surface area contributed by atoms with E-state index in [2.05, 4.69) is 20.7 Å². The third kappa shape index (κ3) is 3.15. The van der Waals surface area contributed by atoms with Crippen LogP contribution < -0.4 is 4.72 Å². The van der Waals surface area contributed by atoms with E-state index < -0.39 is 16.0 Å². The smallest absolute Gasteiger partial charge is 0.335 e. The Morgan fingerprint density at radius 2 is 2.00 bits per heavy atom. The summed E-state index contributed by atoms with van der Waals surface area (Å²) in [6, 6.07) is 8.21. The van der Waals surface area contributed by atoms with Crippen LogP contribution in [-0.2, 0) is 10.0 Å². The monoisotopic (exact) mass is 345 g/mol. The van der Waals surface area contributed by atoms with Crippen molar-refractivity contribution in [2.45, 2.75) is 5.09 Å². The van der Waals surface area contributed by atoms with Crippen LogP contribution in [-0.4, -0.2) is 19.5 Å². The van der Waals surface area contributed by atoms with Crippen molar-refractivity contribution < 1.29 is 22.7 Å². The third-order valence-corrected chi connectivity index (χ3v) is 3.85. The standard InChI is InChI=1S/C11H8BrNO5S/c12-9-4-5-10(18-9)19(16,17)13-8-3-1-2-7(6-8)11(14)15/h1-6,13H,(H,14,15). The lowest BCUT2D eigenvalue weighted by atomic mass is 10.2. The van der Waals surface area contributed by atoms with Gasteiger partial charge in [-0.1, -0.05) is 6.07 Å². The topological polar surface area (TPSA) is 96.6 Å². The fourth-order valence-electron chi connectivity index (χ4n) is 1.36. The first-order chi connectivity index (χ1) is 8.88. The quantitative estimate of drug-likeness (QED) is 0.887. The van der Waals surface area contributed by atoms with Gasteiger partial charge in [0, 0.05) is 5.69 Å². The number of nitrogens with one attached hydrogen (secondary N) is 1. The molecule has 0 aliphatic carbocycles. The Morgan fingerprint density at radius 3 is 2.58 bits per heavy atom. The van der Waals surface area contributed by atoms with Gasteiger partial charge in [-0.15, -0.1) is 0 Å². The zero-order valence-corrected chi connectivity index (χ0v) is 11.7. The van der Waals surface area contributed by atoms with E-state index in [0.29, 0.717) is 0 Å². The molecular formula is C11H8BrNO5S. The van der Waals surface area contributed by atoms with Crippen LogP contribution in [0.3, 0.4) is 0 Å². The van der Waals surface area contributed by atoms with Gasteiger partial charge >= 0.3 is 5.97 Å². The minimum atomic E-state index is -3.87. The van der Waals surface area contributed by atoms with Crippen molar-refractivity contribution >= 4 is 37.6 Å². The molecule has 2 N–H and O–H groups in total. The summed E-state index contributed by atoms with van der Waals surface area (Å²) in [6.45, 7) is 0. The number of halogens is 1. The normalized spacial score (nSPS) is 11.2. The number of rotatable bonds is 4. The maximum atomic E-state index is 11.9. The molecule has 2 rings (SSSR count). The van der Waals surface area contributed by atoms with Crippen LogP contribution in [0.15, 0.2) is 50.6 Å². The second-order valence-corrected chi connectivity index (χ2v) is 5.94. The Morgan fingerprint density at radius 1 is 1.26 bits per heavy atom. The van der Waals surface area contributed by atoms with E-state index >= 15 is 0 Å². The largest absolute Gasteiger partial charge is 0.478 e. The molecular weight excluding hydrogens is 338 g/mol. The number of aromatic carboxylic acids is 1. The lowest BCUT2D eigenvalue weighted by Crippen LogP contribution is -2.12. The van der Waals surface area contributed by atoms with Gasteiger partial charge in [-0.2, -0.15) is 8.42 Å². The number of carboxylic acid groups (broad SMARTS) is 1. The summed E-state index contributed by atoms with van der Waals surface area (Å²) in [6.07, 6.45) is 0. The highest BCUT2D eigenvalue weighted by molar-refractivity contribution is 9.10. The lowest BCUT2D eigenvalue weighted by Gasteiger charge is -2.06. The van der Waals surface area contributed by atoms with Crippen LogP contribution in [0.25, 0.3) is 0 Å². The molecule has 0 amide bonds. The van der Waals surface area contributed by atoms with Gasteiger partial charge in [0.2, 0.25) is 5.09 Å². The summed E-state index contributed by atoms with van der Waals surface area (Å²) in [5.41, 5.74) is 0.133. The van der Waals surface area contributed by atoms with E-state index in [4.69, 9.17) is 9.52 Å².